The highest BCUT2D eigenvalue weighted by molar-refractivity contribution is 14.1. The fourth-order valence-corrected chi connectivity index (χ4v) is 2.61. The molecule has 2 aromatic rings. The predicted octanol–water partition coefficient (Wildman–Crippen LogP) is 3.38. The Bertz CT molecular complexity index is 579. The van der Waals surface area contributed by atoms with Crippen LogP contribution in [0.15, 0.2) is 42.5 Å². The highest BCUT2D eigenvalue weighted by Gasteiger charge is 2.06. The van der Waals surface area contributed by atoms with Gasteiger partial charge in [0, 0.05) is 10.5 Å². The topological polar surface area (TPSA) is 26.3 Å². The number of carbonyl (C=O) groups excluding carboxylic acids is 1. The van der Waals surface area contributed by atoms with E-state index in [0.29, 0.717) is 5.75 Å². The molecule has 0 bridgehead atoms. The normalized spacial score (nSPS) is 10.2. The second-order valence-corrected chi connectivity index (χ2v) is 5.69. The Morgan fingerprint density at radius 2 is 1.83 bits per heavy atom. The van der Waals surface area contributed by atoms with Crippen LogP contribution >= 0.6 is 31.8 Å². The maximum absolute atomic E-state index is 10.9. The Morgan fingerprint density at radius 3 is 2.39 bits per heavy atom. The molecule has 0 aliphatic carbocycles. The predicted molar refractivity (Wildman–Crippen MR) is 85.2 cm³/mol. The molecule has 0 saturated carbocycles. The Balaban J connectivity index is 2.35. The highest BCUT2D eigenvalue weighted by atomic mass is 127. The minimum Gasteiger partial charge on any atom is -0.427 e. The van der Waals surface area contributed by atoms with Crippen LogP contribution in [-0.4, -0.2) is 5.97 Å². The second-order valence-electron chi connectivity index (χ2n) is 3.86. The summed E-state index contributed by atoms with van der Waals surface area (Å²) in [6.45, 7) is 1.40. The van der Waals surface area contributed by atoms with E-state index in [0.717, 1.165) is 20.0 Å². The molecule has 0 spiro atoms. The van der Waals surface area contributed by atoms with Crippen LogP contribution in [0.3, 0.4) is 0 Å². The van der Waals surface area contributed by atoms with Crippen molar-refractivity contribution < 1.29 is 9.53 Å². The average molecular weight is 370 g/mol. The lowest BCUT2D eigenvalue weighted by molar-refractivity contribution is -0.131. The van der Waals surface area contributed by atoms with Gasteiger partial charge in [-0.15, -0.1) is 9.24 Å². The zero-order valence-corrected chi connectivity index (χ0v) is 13.1. The SMILES string of the molecule is CC(=O)Oc1ccc(-c2ccc(P)cc2)c(I)c1. The van der Waals surface area contributed by atoms with E-state index in [1.165, 1.54) is 6.92 Å². The first-order valence-electron chi connectivity index (χ1n) is 5.40. The molecule has 0 N–H and O–H groups in total. The van der Waals surface area contributed by atoms with E-state index >= 15 is 0 Å². The van der Waals surface area contributed by atoms with E-state index in [4.69, 9.17) is 4.74 Å². The minimum absolute atomic E-state index is 0.300. The van der Waals surface area contributed by atoms with Crippen molar-refractivity contribution in [2.75, 3.05) is 0 Å². The summed E-state index contributed by atoms with van der Waals surface area (Å²) in [7, 11) is 2.67. The van der Waals surface area contributed by atoms with Gasteiger partial charge in [0.25, 0.3) is 0 Å². The van der Waals surface area contributed by atoms with Gasteiger partial charge in [0.15, 0.2) is 0 Å². The van der Waals surface area contributed by atoms with E-state index in [2.05, 4.69) is 56.1 Å². The third kappa shape index (κ3) is 3.30. The van der Waals surface area contributed by atoms with Crippen LogP contribution in [0.25, 0.3) is 11.1 Å². The van der Waals surface area contributed by atoms with Crippen LogP contribution in [-0.2, 0) is 4.79 Å². The number of halogens is 1. The van der Waals surface area contributed by atoms with Crippen LogP contribution < -0.4 is 10.0 Å². The maximum Gasteiger partial charge on any atom is 0.308 e. The highest BCUT2D eigenvalue weighted by Crippen LogP contribution is 2.28. The van der Waals surface area contributed by atoms with Crippen LogP contribution in [0.1, 0.15) is 6.92 Å². The van der Waals surface area contributed by atoms with E-state index in [9.17, 15) is 4.79 Å². The molecule has 0 fully saturated rings. The molecule has 0 saturated heterocycles. The van der Waals surface area contributed by atoms with E-state index in [-0.39, 0.29) is 5.97 Å². The molecular formula is C14H12IO2P. The van der Waals surface area contributed by atoms with Gasteiger partial charge in [-0.2, -0.15) is 0 Å². The minimum atomic E-state index is -0.300. The number of ether oxygens (including phenoxy) is 1. The Hall–Kier alpha value is -0.930. The van der Waals surface area contributed by atoms with Crippen molar-refractivity contribution in [3.8, 4) is 16.9 Å². The lowest BCUT2D eigenvalue weighted by Crippen LogP contribution is -2.01. The summed E-state index contributed by atoms with van der Waals surface area (Å²) in [6.07, 6.45) is 0. The van der Waals surface area contributed by atoms with Gasteiger partial charge in [-0.1, -0.05) is 24.3 Å². The summed E-state index contributed by atoms with van der Waals surface area (Å²) < 4.78 is 6.12. The van der Waals surface area contributed by atoms with E-state index in [1.54, 1.807) is 0 Å². The number of hydrogen-bond donors (Lipinski definition) is 0. The molecule has 2 aromatic carbocycles. The van der Waals surface area contributed by atoms with Crippen molar-refractivity contribution in [1.29, 1.82) is 0 Å². The zero-order chi connectivity index (χ0) is 13.1. The lowest BCUT2D eigenvalue weighted by atomic mass is 10.1. The van der Waals surface area contributed by atoms with Gasteiger partial charge in [0.05, 0.1) is 0 Å². The molecule has 1 unspecified atom stereocenters. The summed E-state index contributed by atoms with van der Waals surface area (Å²) in [5, 5.41) is 1.16. The standard InChI is InChI=1S/C14H12IO2P/c1-9(16)17-11-4-7-13(14(15)8-11)10-2-5-12(18)6-3-10/h2-8H,18H2,1H3. The molecule has 2 nitrogen and oxygen atoms in total. The molecule has 0 aromatic heterocycles. The number of benzene rings is 2. The van der Waals surface area contributed by atoms with Crippen molar-refractivity contribution >= 4 is 43.1 Å². The molecule has 4 heteroatoms. The van der Waals surface area contributed by atoms with Crippen LogP contribution in [0.5, 0.6) is 5.75 Å². The van der Waals surface area contributed by atoms with Gasteiger partial charge in [-0.25, -0.2) is 0 Å². The summed E-state index contributed by atoms with van der Waals surface area (Å²) in [5.74, 6) is 0.282. The maximum atomic E-state index is 10.9. The smallest absolute Gasteiger partial charge is 0.308 e. The quantitative estimate of drug-likeness (QED) is 0.351. The van der Waals surface area contributed by atoms with Crippen molar-refractivity contribution in [2.24, 2.45) is 0 Å². The third-order valence-electron chi connectivity index (χ3n) is 2.42. The first-order chi connectivity index (χ1) is 8.56. The first kappa shape index (κ1) is 13.5. The van der Waals surface area contributed by atoms with Gasteiger partial charge in [0.1, 0.15) is 5.75 Å². The molecular weight excluding hydrogens is 358 g/mol. The van der Waals surface area contributed by atoms with Crippen molar-refractivity contribution in [3.05, 3.63) is 46.0 Å². The number of hydrogen-bond acceptors (Lipinski definition) is 2. The Morgan fingerprint density at radius 1 is 1.17 bits per heavy atom. The molecule has 92 valence electrons. The molecule has 2 rings (SSSR count). The molecule has 0 radical (unpaired) electrons. The monoisotopic (exact) mass is 370 g/mol. The summed E-state index contributed by atoms with van der Waals surface area (Å²) >= 11 is 2.25. The number of esters is 1. The van der Waals surface area contributed by atoms with Gasteiger partial charge in [-0.3, -0.25) is 4.79 Å². The van der Waals surface area contributed by atoms with Gasteiger partial charge >= 0.3 is 5.97 Å². The van der Waals surface area contributed by atoms with Gasteiger partial charge < -0.3 is 4.74 Å². The van der Waals surface area contributed by atoms with Crippen LogP contribution in [0, 0.1) is 3.57 Å². The fourth-order valence-electron chi connectivity index (χ4n) is 1.62. The molecule has 0 aliphatic rings. The Labute approximate surface area is 122 Å². The summed E-state index contributed by atoms with van der Waals surface area (Å²) in [5.41, 5.74) is 2.29. The van der Waals surface area contributed by atoms with E-state index in [1.807, 2.05) is 18.2 Å². The fraction of sp³-hybridized carbons (Fsp3) is 0.0714. The average Bonchev–Trinajstić information content (AvgIpc) is 2.30. The Kier molecular flexibility index (Phi) is 4.36. The van der Waals surface area contributed by atoms with E-state index < -0.39 is 0 Å². The molecule has 0 heterocycles. The molecule has 1 atom stereocenters. The van der Waals surface area contributed by atoms with Crippen LogP contribution in [0.4, 0.5) is 0 Å². The molecule has 18 heavy (non-hydrogen) atoms. The number of carbonyl (C=O) groups is 1. The second kappa shape index (κ2) is 5.81. The molecule has 0 aliphatic heterocycles. The summed E-state index contributed by atoms with van der Waals surface area (Å²) in [4.78, 5) is 10.9. The third-order valence-corrected chi connectivity index (χ3v) is 3.70. The summed E-state index contributed by atoms with van der Waals surface area (Å²) in [6, 6.07) is 13.9. The lowest BCUT2D eigenvalue weighted by Gasteiger charge is -2.08. The first-order valence-corrected chi connectivity index (χ1v) is 7.06. The van der Waals surface area contributed by atoms with Gasteiger partial charge in [-0.05, 0) is 57.2 Å². The molecule has 0 amide bonds. The van der Waals surface area contributed by atoms with Crippen molar-refractivity contribution in [3.63, 3.8) is 0 Å². The van der Waals surface area contributed by atoms with Crippen molar-refractivity contribution in [1.82, 2.24) is 0 Å². The number of rotatable bonds is 2. The van der Waals surface area contributed by atoms with Crippen molar-refractivity contribution in [2.45, 2.75) is 6.92 Å². The van der Waals surface area contributed by atoms with Crippen LogP contribution in [0.2, 0.25) is 0 Å². The van der Waals surface area contributed by atoms with Gasteiger partial charge in [0.2, 0.25) is 0 Å². The zero-order valence-electron chi connectivity index (χ0n) is 9.81. The largest absolute Gasteiger partial charge is 0.427 e.